The first-order valence-electron chi connectivity index (χ1n) is 7.47. The molecule has 1 fully saturated rings. The molecule has 0 saturated heterocycles. The fourth-order valence-corrected chi connectivity index (χ4v) is 5.52. The van der Waals surface area contributed by atoms with Crippen molar-refractivity contribution in [1.29, 1.82) is 0 Å². The first-order chi connectivity index (χ1) is 9.06. The highest BCUT2D eigenvalue weighted by molar-refractivity contribution is 8.01. The lowest BCUT2D eigenvalue weighted by atomic mass is 9.67. The van der Waals surface area contributed by atoms with Gasteiger partial charge in [-0.2, -0.15) is 0 Å². The predicted molar refractivity (Wildman–Crippen MR) is 87.9 cm³/mol. The average Bonchev–Trinajstić information content (AvgIpc) is 2.91. The summed E-state index contributed by atoms with van der Waals surface area (Å²) in [7, 11) is 0. The van der Waals surface area contributed by atoms with Crippen molar-refractivity contribution in [3.05, 3.63) is 17.5 Å². The molecule has 3 atom stereocenters. The van der Waals surface area contributed by atoms with Gasteiger partial charge in [-0.3, -0.25) is 0 Å². The third-order valence-corrected chi connectivity index (χ3v) is 7.50. The van der Waals surface area contributed by atoms with E-state index in [1.54, 1.807) is 0 Å². The van der Waals surface area contributed by atoms with Crippen LogP contribution in [0.5, 0.6) is 0 Å². The largest absolute Gasteiger partial charge is 0.330 e. The Morgan fingerprint density at radius 3 is 2.79 bits per heavy atom. The second kappa shape index (κ2) is 6.64. The summed E-state index contributed by atoms with van der Waals surface area (Å²) in [5, 5.41) is 2.89. The van der Waals surface area contributed by atoms with Gasteiger partial charge in [0, 0.05) is 5.25 Å². The van der Waals surface area contributed by atoms with E-state index < -0.39 is 0 Å². The van der Waals surface area contributed by atoms with Gasteiger partial charge in [0.1, 0.15) is 0 Å². The van der Waals surface area contributed by atoms with Crippen molar-refractivity contribution >= 4 is 23.1 Å². The van der Waals surface area contributed by atoms with Crippen LogP contribution in [-0.2, 0) is 0 Å². The Kier molecular flexibility index (Phi) is 5.38. The van der Waals surface area contributed by atoms with E-state index in [-0.39, 0.29) is 0 Å². The van der Waals surface area contributed by atoms with Gasteiger partial charge in [-0.1, -0.05) is 33.3 Å². The highest BCUT2D eigenvalue weighted by Crippen LogP contribution is 2.47. The SMILES string of the molecule is CCC(C)(C)C1CCC(CN)C(Sc2cccs2)C1. The summed E-state index contributed by atoms with van der Waals surface area (Å²) in [4.78, 5) is 0. The summed E-state index contributed by atoms with van der Waals surface area (Å²) in [5.41, 5.74) is 6.48. The number of hydrogen-bond donors (Lipinski definition) is 1. The third kappa shape index (κ3) is 3.77. The summed E-state index contributed by atoms with van der Waals surface area (Å²) in [6.45, 7) is 8.05. The van der Waals surface area contributed by atoms with Crippen LogP contribution in [0.3, 0.4) is 0 Å². The first kappa shape index (κ1) is 15.4. The molecule has 1 aromatic rings. The van der Waals surface area contributed by atoms with Gasteiger partial charge >= 0.3 is 0 Å². The van der Waals surface area contributed by atoms with Crippen molar-refractivity contribution < 1.29 is 0 Å². The van der Waals surface area contributed by atoms with Crippen LogP contribution in [-0.4, -0.2) is 11.8 Å². The number of thiophene rings is 1. The van der Waals surface area contributed by atoms with Gasteiger partial charge in [0.25, 0.3) is 0 Å². The highest BCUT2D eigenvalue weighted by Gasteiger charge is 2.37. The molecule has 1 nitrogen and oxygen atoms in total. The molecule has 1 heterocycles. The Morgan fingerprint density at radius 1 is 1.42 bits per heavy atom. The van der Waals surface area contributed by atoms with Gasteiger partial charge in [0.15, 0.2) is 0 Å². The molecule has 3 unspecified atom stereocenters. The van der Waals surface area contributed by atoms with Gasteiger partial charge in [0.2, 0.25) is 0 Å². The summed E-state index contributed by atoms with van der Waals surface area (Å²) >= 11 is 3.94. The van der Waals surface area contributed by atoms with Crippen LogP contribution in [0.2, 0.25) is 0 Å². The fraction of sp³-hybridized carbons (Fsp3) is 0.750. The molecule has 1 aliphatic rings. The topological polar surface area (TPSA) is 26.0 Å². The summed E-state index contributed by atoms with van der Waals surface area (Å²) in [6, 6.07) is 4.40. The first-order valence-corrected chi connectivity index (χ1v) is 9.23. The Hall–Kier alpha value is 0.01000. The van der Waals surface area contributed by atoms with E-state index >= 15 is 0 Å². The van der Waals surface area contributed by atoms with Gasteiger partial charge in [-0.15, -0.1) is 23.1 Å². The molecule has 0 bridgehead atoms. The smallest absolute Gasteiger partial charge is 0.0601 e. The maximum atomic E-state index is 6.00. The second-order valence-electron chi connectivity index (χ2n) is 6.44. The third-order valence-electron chi connectivity index (χ3n) is 5.01. The van der Waals surface area contributed by atoms with E-state index in [2.05, 4.69) is 50.0 Å². The Morgan fingerprint density at radius 2 is 2.21 bits per heavy atom. The van der Waals surface area contributed by atoms with Crippen LogP contribution in [0.15, 0.2) is 21.7 Å². The van der Waals surface area contributed by atoms with E-state index in [1.807, 2.05) is 11.3 Å². The Labute approximate surface area is 126 Å². The average molecular weight is 298 g/mol. The van der Waals surface area contributed by atoms with Crippen LogP contribution in [0.25, 0.3) is 0 Å². The zero-order chi connectivity index (χ0) is 13.9. The quantitative estimate of drug-likeness (QED) is 0.826. The highest BCUT2D eigenvalue weighted by atomic mass is 32.2. The van der Waals surface area contributed by atoms with Crippen molar-refractivity contribution in [2.45, 2.75) is 55.9 Å². The van der Waals surface area contributed by atoms with Crippen molar-refractivity contribution in [1.82, 2.24) is 0 Å². The monoisotopic (exact) mass is 297 g/mol. The van der Waals surface area contributed by atoms with Crippen LogP contribution in [0.4, 0.5) is 0 Å². The molecule has 1 aromatic heterocycles. The molecule has 0 radical (unpaired) electrons. The number of hydrogen-bond acceptors (Lipinski definition) is 3. The van der Waals surface area contributed by atoms with E-state index in [9.17, 15) is 0 Å². The zero-order valence-corrected chi connectivity index (χ0v) is 14.0. The van der Waals surface area contributed by atoms with E-state index in [1.165, 1.54) is 29.9 Å². The van der Waals surface area contributed by atoms with Gasteiger partial charge < -0.3 is 5.73 Å². The lowest BCUT2D eigenvalue weighted by Gasteiger charge is -2.42. The molecule has 2 rings (SSSR count). The van der Waals surface area contributed by atoms with Gasteiger partial charge in [0.05, 0.1) is 4.21 Å². The summed E-state index contributed by atoms with van der Waals surface area (Å²) in [5.74, 6) is 1.56. The minimum absolute atomic E-state index is 0.480. The Bertz CT molecular complexity index is 372. The molecule has 19 heavy (non-hydrogen) atoms. The molecule has 0 amide bonds. The van der Waals surface area contributed by atoms with E-state index in [0.717, 1.165) is 12.5 Å². The molecule has 2 N–H and O–H groups in total. The summed E-state index contributed by atoms with van der Waals surface area (Å²) in [6.07, 6.45) is 5.30. The normalized spacial score (nSPS) is 28.5. The maximum Gasteiger partial charge on any atom is 0.0601 e. The molecule has 108 valence electrons. The lowest BCUT2D eigenvalue weighted by Crippen LogP contribution is -2.37. The Balaban J connectivity index is 2.04. The van der Waals surface area contributed by atoms with Crippen molar-refractivity contribution in [2.24, 2.45) is 23.0 Å². The fourth-order valence-electron chi connectivity index (χ4n) is 3.08. The molecule has 0 aromatic carbocycles. The van der Waals surface area contributed by atoms with Crippen LogP contribution < -0.4 is 5.73 Å². The van der Waals surface area contributed by atoms with Gasteiger partial charge in [-0.25, -0.2) is 0 Å². The van der Waals surface area contributed by atoms with Gasteiger partial charge in [-0.05, 0) is 54.5 Å². The number of thioether (sulfide) groups is 1. The molecule has 1 aliphatic carbocycles. The van der Waals surface area contributed by atoms with E-state index in [4.69, 9.17) is 5.73 Å². The molecule has 0 aliphatic heterocycles. The maximum absolute atomic E-state index is 6.00. The zero-order valence-electron chi connectivity index (χ0n) is 12.4. The predicted octanol–water partition coefficient (Wildman–Crippen LogP) is 5.02. The second-order valence-corrected chi connectivity index (χ2v) is 8.92. The minimum Gasteiger partial charge on any atom is -0.330 e. The van der Waals surface area contributed by atoms with Crippen molar-refractivity contribution in [3.8, 4) is 0 Å². The van der Waals surface area contributed by atoms with Crippen molar-refractivity contribution in [3.63, 3.8) is 0 Å². The molecular weight excluding hydrogens is 270 g/mol. The standard InChI is InChI=1S/C16H27NS2/c1-4-16(2,3)13-8-7-12(11-17)14(10-13)19-15-6-5-9-18-15/h5-6,9,12-14H,4,7-8,10-11,17H2,1-3H3. The molecule has 3 heteroatoms. The molecular formula is C16H27NS2. The van der Waals surface area contributed by atoms with Crippen molar-refractivity contribution in [2.75, 3.05) is 6.54 Å². The molecule has 0 spiro atoms. The van der Waals surface area contributed by atoms with Crippen LogP contribution >= 0.6 is 23.1 Å². The summed E-state index contributed by atoms with van der Waals surface area (Å²) < 4.78 is 1.46. The minimum atomic E-state index is 0.480. The molecule has 1 saturated carbocycles. The number of nitrogens with two attached hydrogens (primary N) is 1. The number of rotatable bonds is 5. The lowest BCUT2D eigenvalue weighted by molar-refractivity contribution is 0.134. The van der Waals surface area contributed by atoms with Crippen LogP contribution in [0.1, 0.15) is 46.5 Å². The van der Waals surface area contributed by atoms with Crippen LogP contribution in [0, 0.1) is 17.3 Å². The van der Waals surface area contributed by atoms with E-state index in [0.29, 0.717) is 16.6 Å².